The highest BCUT2D eigenvalue weighted by Gasteiger charge is 2.12. The Bertz CT molecular complexity index is 350. The molecule has 0 saturated heterocycles. The van der Waals surface area contributed by atoms with Crippen LogP contribution in [0.3, 0.4) is 0 Å². The van der Waals surface area contributed by atoms with Crippen molar-refractivity contribution in [3.05, 3.63) is 11.1 Å². The Kier molecular flexibility index (Phi) is 4.73. The van der Waals surface area contributed by atoms with Crippen LogP contribution in [0.15, 0.2) is 5.38 Å². The Morgan fingerprint density at radius 2 is 2.31 bits per heavy atom. The Labute approximate surface area is 99.9 Å². The molecule has 0 aliphatic heterocycles. The zero-order valence-corrected chi connectivity index (χ0v) is 10.8. The molecule has 1 aromatic rings. The van der Waals surface area contributed by atoms with Crippen molar-refractivity contribution in [2.75, 3.05) is 18.0 Å². The summed E-state index contributed by atoms with van der Waals surface area (Å²) in [5, 5.41) is 11.6. The highest BCUT2D eigenvalue weighted by atomic mass is 32.1. The second kappa shape index (κ2) is 5.84. The minimum Gasteiger partial charge on any atom is -0.481 e. The maximum atomic E-state index is 10.5. The number of rotatable bonds is 6. The van der Waals surface area contributed by atoms with E-state index >= 15 is 0 Å². The smallest absolute Gasteiger partial charge is 0.305 e. The predicted octanol–water partition coefficient (Wildman–Crippen LogP) is 2.57. The predicted molar refractivity (Wildman–Crippen MR) is 66.3 cm³/mol. The number of hydrogen-bond acceptors (Lipinski definition) is 4. The second-order valence-corrected chi connectivity index (χ2v) is 4.77. The highest BCUT2D eigenvalue weighted by molar-refractivity contribution is 7.13. The van der Waals surface area contributed by atoms with E-state index in [4.69, 9.17) is 5.11 Å². The molecule has 1 heterocycles. The van der Waals surface area contributed by atoms with Gasteiger partial charge in [-0.05, 0) is 12.8 Å². The monoisotopic (exact) mass is 242 g/mol. The molecule has 1 N–H and O–H groups in total. The average Bonchev–Trinajstić information content (AvgIpc) is 2.67. The van der Waals surface area contributed by atoms with Crippen molar-refractivity contribution in [3.8, 4) is 0 Å². The van der Waals surface area contributed by atoms with E-state index in [0.29, 0.717) is 12.5 Å². The molecule has 4 nitrogen and oxygen atoms in total. The number of carboxylic acids is 1. The van der Waals surface area contributed by atoms with Crippen LogP contribution < -0.4 is 4.90 Å². The number of carboxylic acid groups (broad SMARTS) is 1. The maximum absolute atomic E-state index is 10.5. The third-order valence-corrected chi connectivity index (χ3v) is 3.27. The molecule has 1 aromatic heterocycles. The molecular formula is C11H18N2O2S. The number of aromatic nitrogens is 1. The lowest BCUT2D eigenvalue weighted by atomic mass is 10.2. The van der Waals surface area contributed by atoms with Gasteiger partial charge in [0.2, 0.25) is 0 Å². The highest BCUT2D eigenvalue weighted by Crippen LogP contribution is 2.24. The van der Waals surface area contributed by atoms with Gasteiger partial charge in [0, 0.05) is 18.5 Å². The first-order valence-corrected chi connectivity index (χ1v) is 6.34. The molecule has 0 aliphatic carbocycles. The van der Waals surface area contributed by atoms with Crippen LogP contribution in [0, 0.1) is 0 Å². The van der Waals surface area contributed by atoms with Crippen LogP contribution in [0.2, 0.25) is 0 Å². The van der Waals surface area contributed by atoms with Crippen molar-refractivity contribution in [1.82, 2.24) is 4.98 Å². The van der Waals surface area contributed by atoms with E-state index in [1.165, 1.54) is 0 Å². The summed E-state index contributed by atoms with van der Waals surface area (Å²) in [6.45, 7) is 7.53. The molecule has 0 atom stereocenters. The summed E-state index contributed by atoms with van der Waals surface area (Å²) in [7, 11) is 0. The summed E-state index contributed by atoms with van der Waals surface area (Å²) in [6.07, 6.45) is 0.157. The van der Waals surface area contributed by atoms with Gasteiger partial charge < -0.3 is 10.0 Å². The molecule has 90 valence electrons. The van der Waals surface area contributed by atoms with E-state index in [2.05, 4.69) is 18.8 Å². The van der Waals surface area contributed by atoms with Crippen molar-refractivity contribution in [1.29, 1.82) is 0 Å². The summed E-state index contributed by atoms with van der Waals surface area (Å²) < 4.78 is 0. The molecule has 0 spiro atoms. The van der Waals surface area contributed by atoms with Gasteiger partial charge in [0.25, 0.3) is 0 Å². The topological polar surface area (TPSA) is 53.4 Å². The summed E-state index contributed by atoms with van der Waals surface area (Å²) >= 11 is 1.58. The van der Waals surface area contributed by atoms with E-state index in [-0.39, 0.29) is 6.42 Å². The van der Waals surface area contributed by atoms with Gasteiger partial charge in [0.15, 0.2) is 5.13 Å². The zero-order chi connectivity index (χ0) is 12.1. The lowest BCUT2D eigenvalue weighted by Crippen LogP contribution is -2.25. The Morgan fingerprint density at radius 3 is 2.75 bits per heavy atom. The van der Waals surface area contributed by atoms with Crippen LogP contribution in [0.5, 0.6) is 0 Å². The Balaban J connectivity index is 2.67. The SMILES string of the molecule is CCN(CCC(=O)O)c1nc(C(C)C)cs1. The van der Waals surface area contributed by atoms with Crippen molar-refractivity contribution < 1.29 is 9.90 Å². The third kappa shape index (κ3) is 3.48. The van der Waals surface area contributed by atoms with Gasteiger partial charge in [0.1, 0.15) is 0 Å². The zero-order valence-electron chi connectivity index (χ0n) is 9.93. The lowest BCUT2D eigenvalue weighted by molar-refractivity contribution is -0.136. The van der Waals surface area contributed by atoms with Gasteiger partial charge in [-0.3, -0.25) is 4.79 Å². The van der Waals surface area contributed by atoms with Gasteiger partial charge >= 0.3 is 5.97 Å². The van der Waals surface area contributed by atoms with Crippen LogP contribution in [0.4, 0.5) is 5.13 Å². The molecule has 0 fully saturated rings. The molecule has 16 heavy (non-hydrogen) atoms. The van der Waals surface area contributed by atoms with Crippen LogP contribution in [-0.4, -0.2) is 29.1 Å². The van der Waals surface area contributed by atoms with Crippen molar-refractivity contribution >= 4 is 22.4 Å². The first-order chi connectivity index (χ1) is 7.54. The molecular weight excluding hydrogens is 224 g/mol. The Morgan fingerprint density at radius 1 is 1.62 bits per heavy atom. The van der Waals surface area contributed by atoms with Crippen LogP contribution >= 0.6 is 11.3 Å². The van der Waals surface area contributed by atoms with Gasteiger partial charge in [-0.2, -0.15) is 0 Å². The molecule has 1 rings (SSSR count). The minimum atomic E-state index is -0.765. The van der Waals surface area contributed by atoms with E-state index in [1.807, 2.05) is 17.2 Å². The standard InChI is InChI=1S/C11H18N2O2S/c1-4-13(6-5-10(14)15)11-12-9(7-16-11)8(2)3/h7-8H,4-6H2,1-3H3,(H,14,15). The minimum absolute atomic E-state index is 0.157. The molecule has 5 heteroatoms. The summed E-state index contributed by atoms with van der Waals surface area (Å²) in [5.74, 6) is -0.345. The molecule has 0 amide bonds. The quantitative estimate of drug-likeness (QED) is 0.833. The van der Waals surface area contributed by atoms with Gasteiger partial charge in [0.05, 0.1) is 12.1 Å². The van der Waals surface area contributed by atoms with E-state index in [0.717, 1.165) is 17.4 Å². The average molecular weight is 242 g/mol. The van der Waals surface area contributed by atoms with E-state index in [9.17, 15) is 4.79 Å². The Hall–Kier alpha value is -1.10. The number of anilines is 1. The van der Waals surface area contributed by atoms with Gasteiger partial charge in [-0.1, -0.05) is 13.8 Å². The van der Waals surface area contributed by atoms with E-state index < -0.39 is 5.97 Å². The molecule has 0 radical (unpaired) electrons. The molecule has 0 aliphatic rings. The molecule has 0 aromatic carbocycles. The molecule has 0 unspecified atom stereocenters. The third-order valence-electron chi connectivity index (χ3n) is 2.35. The maximum Gasteiger partial charge on any atom is 0.305 e. The van der Waals surface area contributed by atoms with E-state index in [1.54, 1.807) is 11.3 Å². The second-order valence-electron chi connectivity index (χ2n) is 3.93. The first-order valence-electron chi connectivity index (χ1n) is 5.46. The largest absolute Gasteiger partial charge is 0.481 e. The number of nitrogens with zero attached hydrogens (tertiary/aromatic N) is 2. The number of carbonyl (C=O) groups is 1. The van der Waals surface area contributed by atoms with Crippen LogP contribution in [0.25, 0.3) is 0 Å². The lowest BCUT2D eigenvalue weighted by Gasteiger charge is -2.18. The van der Waals surface area contributed by atoms with Crippen molar-refractivity contribution in [2.45, 2.75) is 33.1 Å². The van der Waals surface area contributed by atoms with Gasteiger partial charge in [-0.15, -0.1) is 11.3 Å². The van der Waals surface area contributed by atoms with Crippen LogP contribution in [-0.2, 0) is 4.79 Å². The fourth-order valence-corrected chi connectivity index (χ4v) is 2.38. The fourth-order valence-electron chi connectivity index (χ4n) is 1.31. The summed E-state index contributed by atoms with van der Waals surface area (Å²) in [6, 6.07) is 0. The van der Waals surface area contributed by atoms with Crippen molar-refractivity contribution in [3.63, 3.8) is 0 Å². The number of aliphatic carboxylic acids is 1. The first kappa shape index (κ1) is 13.0. The number of hydrogen-bond donors (Lipinski definition) is 1. The molecule has 0 saturated carbocycles. The summed E-state index contributed by atoms with van der Waals surface area (Å²) in [5.41, 5.74) is 1.08. The number of thiazole rings is 1. The molecule has 0 bridgehead atoms. The summed E-state index contributed by atoms with van der Waals surface area (Å²) in [4.78, 5) is 17.0. The fraction of sp³-hybridized carbons (Fsp3) is 0.636. The van der Waals surface area contributed by atoms with Gasteiger partial charge in [-0.25, -0.2) is 4.98 Å². The van der Waals surface area contributed by atoms with Crippen molar-refractivity contribution in [2.24, 2.45) is 0 Å². The van der Waals surface area contributed by atoms with Crippen LogP contribution in [0.1, 0.15) is 38.8 Å². The normalized spacial score (nSPS) is 10.8.